The molecular formula is C12H21F3N2O2. The van der Waals surface area contributed by atoms with Crippen molar-refractivity contribution < 1.29 is 22.7 Å². The van der Waals surface area contributed by atoms with Gasteiger partial charge < -0.3 is 15.0 Å². The van der Waals surface area contributed by atoms with E-state index in [1.54, 1.807) is 0 Å². The van der Waals surface area contributed by atoms with Gasteiger partial charge >= 0.3 is 6.18 Å². The molecule has 0 spiro atoms. The number of carbonyl (C=O) groups excluding carboxylic acids is 1. The van der Waals surface area contributed by atoms with E-state index in [1.165, 1.54) is 0 Å². The van der Waals surface area contributed by atoms with E-state index in [9.17, 15) is 18.0 Å². The minimum Gasteiger partial charge on any atom is -0.372 e. The molecule has 1 aliphatic rings. The van der Waals surface area contributed by atoms with Crippen LogP contribution in [0.4, 0.5) is 13.2 Å². The van der Waals surface area contributed by atoms with Gasteiger partial charge in [-0.25, -0.2) is 0 Å². The van der Waals surface area contributed by atoms with Crippen LogP contribution in [0.15, 0.2) is 0 Å². The Labute approximate surface area is 111 Å². The molecule has 0 aliphatic carbocycles. The molecule has 0 aromatic heterocycles. The first-order chi connectivity index (χ1) is 8.99. The van der Waals surface area contributed by atoms with Crippen molar-refractivity contribution in [2.75, 3.05) is 39.4 Å². The van der Waals surface area contributed by atoms with Crippen molar-refractivity contribution in [1.82, 2.24) is 10.2 Å². The SMILES string of the molecule is O=C(CCNCCCOCC(F)(F)F)N1CCCC1. The minimum atomic E-state index is -4.25. The van der Waals surface area contributed by atoms with Crippen LogP contribution >= 0.6 is 0 Å². The lowest BCUT2D eigenvalue weighted by Gasteiger charge is -2.15. The zero-order valence-corrected chi connectivity index (χ0v) is 11.0. The molecule has 0 bridgehead atoms. The van der Waals surface area contributed by atoms with E-state index < -0.39 is 12.8 Å². The second-order valence-electron chi connectivity index (χ2n) is 4.61. The summed E-state index contributed by atoms with van der Waals surface area (Å²) in [4.78, 5) is 13.5. The van der Waals surface area contributed by atoms with Gasteiger partial charge in [0.2, 0.25) is 5.91 Å². The van der Waals surface area contributed by atoms with Crippen LogP contribution in [0.25, 0.3) is 0 Å². The first kappa shape index (κ1) is 16.2. The van der Waals surface area contributed by atoms with E-state index in [1.807, 2.05) is 4.90 Å². The Bertz CT molecular complexity index is 266. The van der Waals surface area contributed by atoms with Crippen LogP contribution < -0.4 is 5.32 Å². The summed E-state index contributed by atoms with van der Waals surface area (Å²) in [7, 11) is 0. The summed E-state index contributed by atoms with van der Waals surface area (Å²) in [5.41, 5.74) is 0. The lowest BCUT2D eigenvalue weighted by atomic mass is 10.3. The van der Waals surface area contributed by atoms with Gasteiger partial charge in [0.25, 0.3) is 0 Å². The number of carbonyl (C=O) groups is 1. The number of rotatable bonds is 8. The molecule has 7 heteroatoms. The lowest BCUT2D eigenvalue weighted by molar-refractivity contribution is -0.173. The summed E-state index contributed by atoms with van der Waals surface area (Å²) in [6, 6.07) is 0. The maximum Gasteiger partial charge on any atom is 0.411 e. The quantitative estimate of drug-likeness (QED) is 0.687. The summed E-state index contributed by atoms with van der Waals surface area (Å²) in [6.45, 7) is 1.71. The maximum atomic E-state index is 11.7. The van der Waals surface area contributed by atoms with E-state index >= 15 is 0 Å². The number of alkyl halides is 3. The van der Waals surface area contributed by atoms with E-state index in [2.05, 4.69) is 10.1 Å². The van der Waals surface area contributed by atoms with E-state index in [0.29, 0.717) is 25.9 Å². The highest BCUT2D eigenvalue weighted by atomic mass is 19.4. The zero-order valence-electron chi connectivity index (χ0n) is 11.0. The number of nitrogens with zero attached hydrogens (tertiary/aromatic N) is 1. The van der Waals surface area contributed by atoms with Crippen molar-refractivity contribution >= 4 is 5.91 Å². The van der Waals surface area contributed by atoms with Crippen LogP contribution in [-0.4, -0.2) is 56.4 Å². The second kappa shape index (κ2) is 8.37. The van der Waals surface area contributed by atoms with Crippen molar-refractivity contribution in [3.8, 4) is 0 Å². The Balaban J connectivity index is 1.87. The second-order valence-corrected chi connectivity index (χ2v) is 4.61. The topological polar surface area (TPSA) is 41.6 Å². The molecule has 19 heavy (non-hydrogen) atoms. The summed E-state index contributed by atoms with van der Waals surface area (Å²) in [5, 5.41) is 3.03. The summed E-state index contributed by atoms with van der Waals surface area (Å²) < 4.78 is 39.7. The number of halogens is 3. The average molecular weight is 282 g/mol. The van der Waals surface area contributed by atoms with Crippen LogP contribution in [0.5, 0.6) is 0 Å². The van der Waals surface area contributed by atoms with Gasteiger partial charge in [-0.1, -0.05) is 0 Å². The molecule has 1 heterocycles. The number of ether oxygens (including phenoxy) is 1. The molecule has 112 valence electrons. The standard InChI is InChI=1S/C12H21F3N2O2/c13-12(14,15)10-19-9-3-5-16-6-4-11(18)17-7-1-2-8-17/h16H,1-10H2. The van der Waals surface area contributed by atoms with Crippen LogP contribution in [0.2, 0.25) is 0 Å². The Morgan fingerprint density at radius 1 is 1.21 bits per heavy atom. The Morgan fingerprint density at radius 2 is 1.89 bits per heavy atom. The van der Waals surface area contributed by atoms with Gasteiger partial charge in [-0.3, -0.25) is 4.79 Å². The fourth-order valence-corrected chi connectivity index (χ4v) is 1.93. The summed E-state index contributed by atoms with van der Waals surface area (Å²) in [6.07, 6.45) is -1.14. The van der Waals surface area contributed by atoms with E-state index in [0.717, 1.165) is 25.9 Å². The van der Waals surface area contributed by atoms with Gasteiger partial charge in [0.05, 0.1) is 0 Å². The molecule has 1 aliphatic heterocycles. The molecule has 1 N–H and O–H groups in total. The van der Waals surface area contributed by atoms with Crippen molar-refractivity contribution in [3.05, 3.63) is 0 Å². The van der Waals surface area contributed by atoms with Gasteiger partial charge in [0.15, 0.2) is 0 Å². The van der Waals surface area contributed by atoms with E-state index in [-0.39, 0.29) is 12.5 Å². The zero-order chi connectivity index (χ0) is 14.1. The number of amides is 1. The van der Waals surface area contributed by atoms with Crippen molar-refractivity contribution in [3.63, 3.8) is 0 Å². The third-order valence-electron chi connectivity index (χ3n) is 2.88. The molecule has 0 saturated carbocycles. The molecule has 0 aromatic rings. The molecule has 0 atom stereocenters. The summed E-state index contributed by atoms with van der Waals surface area (Å²) >= 11 is 0. The largest absolute Gasteiger partial charge is 0.411 e. The molecule has 1 saturated heterocycles. The van der Waals surface area contributed by atoms with Gasteiger partial charge in [-0.05, 0) is 25.8 Å². The van der Waals surface area contributed by atoms with E-state index in [4.69, 9.17) is 0 Å². The minimum absolute atomic E-state index is 0.0760. The maximum absolute atomic E-state index is 11.7. The van der Waals surface area contributed by atoms with Gasteiger partial charge in [0.1, 0.15) is 6.61 Å². The molecule has 4 nitrogen and oxygen atoms in total. The smallest absolute Gasteiger partial charge is 0.372 e. The lowest BCUT2D eigenvalue weighted by Crippen LogP contribution is -2.31. The Kier molecular flexibility index (Phi) is 7.15. The third kappa shape index (κ3) is 8.05. The van der Waals surface area contributed by atoms with Crippen molar-refractivity contribution in [1.29, 1.82) is 0 Å². The molecule has 1 rings (SSSR count). The van der Waals surface area contributed by atoms with Crippen molar-refractivity contribution in [2.24, 2.45) is 0 Å². The van der Waals surface area contributed by atoms with Crippen LogP contribution in [0, 0.1) is 0 Å². The Hall–Kier alpha value is -0.820. The summed E-state index contributed by atoms with van der Waals surface area (Å²) in [5.74, 6) is 0.151. The monoisotopic (exact) mass is 282 g/mol. The first-order valence-corrected chi connectivity index (χ1v) is 6.62. The number of hydrogen-bond donors (Lipinski definition) is 1. The molecule has 1 fully saturated rings. The molecule has 0 radical (unpaired) electrons. The molecule has 0 aromatic carbocycles. The molecular weight excluding hydrogens is 261 g/mol. The fourth-order valence-electron chi connectivity index (χ4n) is 1.93. The highest BCUT2D eigenvalue weighted by molar-refractivity contribution is 5.76. The third-order valence-corrected chi connectivity index (χ3v) is 2.88. The number of nitrogens with one attached hydrogen (secondary N) is 1. The van der Waals surface area contributed by atoms with Crippen LogP contribution in [0.1, 0.15) is 25.7 Å². The van der Waals surface area contributed by atoms with Gasteiger partial charge in [-0.15, -0.1) is 0 Å². The highest BCUT2D eigenvalue weighted by Crippen LogP contribution is 2.14. The highest BCUT2D eigenvalue weighted by Gasteiger charge is 2.27. The van der Waals surface area contributed by atoms with Gasteiger partial charge in [-0.2, -0.15) is 13.2 Å². The first-order valence-electron chi connectivity index (χ1n) is 6.62. The molecule has 0 unspecified atom stereocenters. The molecule has 1 amide bonds. The Morgan fingerprint density at radius 3 is 2.53 bits per heavy atom. The number of hydrogen-bond acceptors (Lipinski definition) is 3. The predicted molar refractivity (Wildman–Crippen MR) is 64.8 cm³/mol. The van der Waals surface area contributed by atoms with Gasteiger partial charge in [0, 0.05) is 32.7 Å². The van der Waals surface area contributed by atoms with Crippen LogP contribution in [-0.2, 0) is 9.53 Å². The average Bonchev–Trinajstić information content (AvgIpc) is 2.84. The normalized spacial score (nSPS) is 16.1. The fraction of sp³-hybridized carbons (Fsp3) is 0.917. The number of likely N-dealkylation sites (tertiary alicyclic amines) is 1. The predicted octanol–water partition coefficient (Wildman–Crippen LogP) is 1.56. The van der Waals surface area contributed by atoms with Crippen molar-refractivity contribution in [2.45, 2.75) is 31.9 Å². The van der Waals surface area contributed by atoms with Crippen LogP contribution in [0.3, 0.4) is 0 Å².